The molecule has 0 radical (unpaired) electrons. The van der Waals surface area contributed by atoms with Gasteiger partial charge in [-0.3, -0.25) is 4.79 Å². The first kappa shape index (κ1) is 18.1. The van der Waals surface area contributed by atoms with Crippen molar-refractivity contribution >= 4 is 39.8 Å². The molecule has 1 aliphatic rings. The van der Waals surface area contributed by atoms with Crippen LogP contribution in [0, 0.1) is 0 Å². The molecular weight excluding hydrogens is 358 g/mol. The average molecular weight is 380 g/mol. The molecule has 0 saturated carbocycles. The molecule has 6 nitrogen and oxygen atoms in total. The Bertz CT molecular complexity index is 755. The third-order valence-corrected chi connectivity index (χ3v) is 5.74. The lowest BCUT2D eigenvalue weighted by Crippen LogP contribution is -2.44. The van der Waals surface area contributed by atoms with Gasteiger partial charge in [-0.15, -0.1) is 11.3 Å². The van der Waals surface area contributed by atoms with Gasteiger partial charge in [0.15, 0.2) is 5.13 Å². The fourth-order valence-corrected chi connectivity index (χ4v) is 3.94. The molecule has 0 aromatic carbocycles. The third-order valence-electron chi connectivity index (χ3n) is 4.11. The van der Waals surface area contributed by atoms with Gasteiger partial charge < -0.3 is 15.1 Å². The number of halogens is 1. The average Bonchev–Trinajstić information content (AvgIpc) is 3.01. The zero-order valence-corrected chi connectivity index (χ0v) is 16.2. The molecule has 134 valence electrons. The highest BCUT2D eigenvalue weighted by Crippen LogP contribution is 2.33. The molecule has 0 unspecified atom stereocenters. The molecule has 0 atom stereocenters. The predicted molar refractivity (Wildman–Crippen MR) is 103 cm³/mol. The van der Waals surface area contributed by atoms with Gasteiger partial charge in [0.05, 0.1) is 0 Å². The number of pyridine rings is 1. The molecule has 1 fully saturated rings. The van der Waals surface area contributed by atoms with E-state index in [1.165, 1.54) is 0 Å². The van der Waals surface area contributed by atoms with Crippen LogP contribution in [0.3, 0.4) is 0 Å². The first-order valence-electron chi connectivity index (χ1n) is 8.32. The number of piperazine rings is 1. The van der Waals surface area contributed by atoms with E-state index in [0.717, 1.165) is 36.2 Å². The first-order chi connectivity index (χ1) is 11.9. The molecule has 3 heterocycles. The summed E-state index contributed by atoms with van der Waals surface area (Å²) in [5.74, 6) is 0.420. The Labute approximate surface area is 156 Å². The van der Waals surface area contributed by atoms with Gasteiger partial charge >= 0.3 is 0 Å². The van der Waals surface area contributed by atoms with Gasteiger partial charge in [0, 0.05) is 31.1 Å². The van der Waals surface area contributed by atoms with Crippen LogP contribution < -0.4 is 10.2 Å². The number of likely N-dealkylation sites (N-methyl/N-ethyl adjacent to an activating group) is 1. The van der Waals surface area contributed by atoms with Gasteiger partial charge in [-0.25, -0.2) is 9.97 Å². The maximum atomic E-state index is 12.7. The molecule has 25 heavy (non-hydrogen) atoms. The van der Waals surface area contributed by atoms with E-state index in [-0.39, 0.29) is 11.8 Å². The number of nitrogens with zero attached hydrogens (tertiary/aromatic N) is 4. The van der Waals surface area contributed by atoms with Crippen molar-refractivity contribution in [2.45, 2.75) is 19.8 Å². The van der Waals surface area contributed by atoms with Gasteiger partial charge in [0.25, 0.3) is 5.91 Å². The number of hydrogen-bond donors (Lipinski definition) is 1. The van der Waals surface area contributed by atoms with Crippen LogP contribution >= 0.6 is 22.9 Å². The fourth-order valence-electron chi connectivity index (χ4n) is 2.66. The number of carbonyl (C=O) groups is 1. The number of carbonyl (C=O) groups excluding carboxylic acids is 1. The molecule has 2 aromatic heterocycles. The molecule has 2 aromatic rings. The molecule has 1 saturated heterocycles. The summed E-state index contributed by atoms with van der Waals surface area (Å²) in [7, 11) is 2.12. The number of hydrogen-bond acceptors (Lipinski definition) is 6. The highest BCUT2D eigenvalue weighted by atomic mass is 35.5. The van der Waals surface area contributed by atoms with Crippen LogP contribution in [-0.2, 0) is 0 Å². The van der Waals surface area contributed by atoms with Crippen molar-refractivity contribution in [1.82, 2.24) is 14.9 Å². The Kier molecular flexibility index (Phi) is 5.56. The molecule has 1 amide bonds. The summed E-state index contributed by atoms with van der Waals surface area (Å²) in [6.07, 6.45) is 0. The minimum absolute atomic E-state index is 0.229. The van der Waals surface area contributed by atoms with Crippen molar-refractivity contribution in [2.24, 2.45) is 0 Å². The second-order valence-electron chi connectivity index (χ2n) is 6.45. The highest BCUT2D eigenvalue weighted by molar-refractivity contribution is 7.16. The topological polar surface area (TPSA) is 61.4 Å². The summed E-state index contributed by atoms with van der Waals surface area (Å²) in [6, 6.07) is 5.14. The normalized spacial score (nSPS) is 15.6. The van der Waals surface area contributed by atoms with E-state index < -0.39 is 0 Å². The van der Waals surface area contributed by atoms with Crippen LogP contribution in [0.15, 0.2) is 18.2 Å². The van der Waals surface area contributed by atoms with E-state index in [1.54, 1.807) is 29.5 Å². The number of anilines is 2. The van der Waals surface area contributed by atoms with Crippen molar-refractivity contribution < 1.29 is 4.79 Å². The molecule has 8 heteroatoms. The number of amides is 1. The Morgan fingerprint density at radius 1 is 1.24 bits per heavy atom. The second-order valence-corrected chi connectivity index (χ2v) is 7.85. The summed E-state index contributed by atoms with van der Waals surface area (Å²) in [5, 5.41) is 4.06. The molecule has 1 N–H and O–H groups in total. The minimum atomic E-state index is -0.241. The lowest BCUT2D eigenvalue weighted by Gasteiger charge is -2.32. The first-order valence-corrected chi connectivity index (χ1v) is 9.51. The quantitative estimate of drug-likeness (QED) is 0.825. The van der Waals surface area contributed by atoms with Crippen LogP contribution in [0.25, 0.3) is 0 Å². The van der Waals surface area contributed by atoms with Crippen molar-refractivity contribution in [3.05, 3.63) is 33.9 Å². The van der Waals surface area contributed by atoms with Gasteiger partial charge in [-0.2, -0.15) is 0 Å². The largest absolute Gasteiger partial charge is 0.346 e. The van der Waals surface area contributed by atoms with Gasteiger partial charge in [0.2, 0.25) is 0 Å². The van der Waals surface area contributed by atoms with Gasteiger partial charge in [-0.1, -0.05) is 31.5 Å². The Balaban J connectivity index is 1.83. The molecule has 0 aliphatic carbocycles. The van der Waals surface area contributed by atoms with E-state index in [0.29, 0.717) is 16.7 Å². The van der Waals surface area contributed by atoms with Crippen LogP contribution in [0.2, 0.25) is 5.15 Å². The Morgan fingerprint density at radius 3 is 2.60 bits per heavy atom. The minimum Gasteiger partial charge on any atom is -0.346 e. The van der Waals surface area contributed by atoms with E-state index >= 15 is 0 Å². The maximum absolute atomic E-state index is 12.7. The lowest BCUT2D eigenvalue weighted by molar-refractivity contribution is 0.102. The number of nitrogens with one attached hydrogen (secondary N) is 1. The predicted octanol–water partition coefficient (Wildman–Crippen LogP) is 3.32. The summed E-state index contributed by atoms with van der Waals surface area (Å²) in [4.78, 5) is 27.0. The van der Waals surface area contributed by atoms with Crippen LogP contribution in [0.1, 0.15) is 35.1 Å². The van der Waals surface area contributed by atoms with E-state index in [9.17, 15) is 4.79 Å². The van der Waals surface area contributed by atoms with Crippen molar-refractivity contribution in [3.8, 4) is 0 Å². The monoisotopic (exact) mass is 379 g/mol. The van der Waals surface area contributed by atoms with E-state index in [4.69, 9.17) is 11.6 Å². The number of thiazole rings is 1. The standard InChI is InChI=1S/C17H22ClN5OS/c1-11(2)15-14(16(24)20-13-6-4-5-12(18)19-13)21-17(25-15)23-9-7-22(3)8-10-23/h4-6,11H,7-10H2,1-3H3,(H,19,20,24). The summed E-state index contributed by atoms with van der Waals surface area (Å²) in [5.41, 5.74) is 0.482. The summed E-state index contributed by atoms with van der Waals surface area (Å²) < 4.78 is 0. The Hall–Kier alpha value is -1.70. The van der Waals surface area contributed by atoms with Crippen LogP contribution in [0.5, 0.6) is 0 Å². The van der Waals surface area contributed by atoms with Crippen LogP contribution in [-0.4, -0.2) is 54.0 Å². The Morgan fingerprint density at radius 2 is 1.96 bits per heavy atom. The molecule has 3 rings (SSSR count). The summed E-state index contributed by atoms with van der Waals surface area (Å²) >= 11 is 7.49. The van der Waals surface area contributed by atoms with E-state index in [1.807, 2.05) is 0 Å². The van der Waals surface area contributed by atoms with Crippen LogP contribution in [0.4, 0.5) is 10.9 Å². The molecule has 0 bridgehead atoms. The zero-order chi connectivity index (χ0) is 18.0. The molecule has 1 aliphatic heterocycles. The van der Waals surface area contributed by atoms with Crippen molar-refractivity contribution in [1.29, 1.82) is 0 Å². The molecular formula is C17H22ClN5OS. The third kappa shape index (κ3) is 4.29. The van der Waals surface area contributed by atoms with Crippen molar-refractivity contribution in [2.75, 3.05) is 43.4 Å². The number of aromatic nitrogens is 2. The smallest absolute Gasteiger partial charge is 0.276 e. The highest BCUT2D eigenvalue weighted by Gasteiger charge is 2.24. The van der Waals surface area contributed by atoms with Gasteiger partial charge in [-0.05, 0) is 25.1 Å². The number of rotatable bonds is 4. The lowest BCUT2D eigenvalue weighted by atomic mass is 10.1. The zero-order valence-electron chi connectivity index (χ0n) is 14.6. The molecule has 0 spiro atoms. The van der Waals surface area contributed by atoms with Crippen molar-refractivity contribution in [3.63, 3.8) is 0 Å². The van der Waals surface area contributed by atoms with Gasteiger partial charge in [0.1, 0.15) is 16.7 Å². The fraction of sp³-hybridized carbons (Fsp3) is 0.471. The summed E-state index contributed by atoms with van der Waals surface area (Å²) in [6.45, 7) is 8.03. The maximum Gasteiger partial charge on any atom is 0.276 e. The second kappa shape index (κ2) is 7.68. The SMILES string of the molecule is CC(C)c1sc(N2CCN(C)CC2)nc1C(=O)Nc1cccc(Cl)n1. The van der Waals surface area contributed by atoms with E-state index in [2.05, 4.69) is 46.0 Å².